The van der Waals surface area contributed by atoms with E-state index in [2.05, 4.69) is 25.7 Å². The Morgan fingerprint density at radius 2 is 1.71 bits per heavy atom. The number of nitrogens with two attached hydrogens (primary N) is 1. The maximum Gasteiger partial charge on any atom is 0.429 e. The molecule has 0 saturated carbocycles. The van der Waals surface area contributed by atoms with Gasteiger partial charge in [0.15, 0.2) is 0 Å². The van der Waals surface area contributed by atoms with E-state index in [9.17, 15) is 27.9 Å². The van der Waals surface area contributed by atoms with Crippen LogP contribution in [-0.2, 0) is 4.79 Å². The molecule has 1 amide bonds. The Balaban J connectivity index is 1.16. The second kappa shape index (κ2) is 14.1. The van der Waals surface area contributed by atoms with Crippen molar-refractivity contribution < 1.29 is 32.6 Å². The molecule has 13 nitrogen and oxygen atoms in total. The van der Waals surface area contributed by atoms with Gasteiger partial charge in [-0.2, -0.15) is 28.2 Å². The van der Waals surface area contributed by atoms with Gasteiger partial charge in [-0.3, -0.25) is 9.59 Å². The van der Waals surface area contributed by atoms with Crippen LogP contribution in [0.5, 0.6) is 5.88 Å². The fraction of sp³-hybridized carbons (Fsp3) is 0.417. The van der Waals surface area contributed by atoms with Crippen molar-refractivity contribution in [2.24, 2.45) is 5.41 Å². The predicted octanol–water partition coefficient (Wildman–Crippen LogP) is 3.98. The van der Waals surface area contributed by atoms with Gasteiger partial charge in [0.2, 0.25) is 17.9 Å². The number of piperazine rings is 1. The van der Waals surface area contributed by atoms with Crippen LogP contribution in [-0.4, -0.2) is 99.7 Å². The van der Waals surface area contributed by atoms with Gasteiger partial charge in [0.05, 0.1) is 11.4 Å². The number of carbonyl (C=O) groups is 2. The van der Waals surface area contributed by atoms with Crippen LogP contribution in [0.4, 0.5) is 24.9 Å². The van der Waals surface area contributed by atoms with Crippen molar-refractivity contribution in [3.05, 3.63) is 77.6 Å². The number of halogens is 3. The average molecular weight is 720 g/mol. The number of carboxylic acids is 1. The summed E-state index contributed by atoms with van der Waals surface area (Å²) in [6, 6.07) is 14.0. The Bertz CT molecular complexity index is 1940. The maximum atomic E-state index is 15.0. The third-order valence-corrected chi connectivity index (χ3v) is 10.2. The first kappa shape index (κ1) is 35.2. The van der Waals surface area contributed by atoms with Gasteiger partial charge in [-0.15, -0.1) is 0 Å². The highest BCUT2D eigenvalue weighted by molar-refractivity contribution is 5.94. The Hall–Kier alpha value is -5.22. The van der Waals surface area contributed by atoms with Crippen molar-refractivity contribution >= 4 is 23.6 Å². The summed E-state index contributed by atoms with van der Waals surface area (Å²) in [7, 11) is 0. The van der Waals surface area contributed by atoms with E-state index in [1.807, 2.05) is 4.90 Å². The van der Waals surface area contributed by atoms with Crippen LogP contribution in [0.2, 0.25) is 0 Å². The van der Waals surface area contributed by atoms with Gasteiger partial charge in [-0.25, -0.2) is 4.68 Å². The summed E-state index contributed by atoms with van der Waals surface area (Å²) in [6.45, 7) is 6.06. The highest BCUT2D eigenvalue weighted by Gasteiger charge is 2.46. The van der Waals surface area contributed by atoms with Crippen LogP contribution in [0.25, 0.3) is 16.8 Å². The number of hydrogen-bond acceptors (Lipinski definition) is 10. The highest BCUT2D eigenvalue weighted by Crippen LogP contribution is 2.43. The number of ether oxygens (including phenoxy) is 1. The fourth-order valence-electron chi connectivity index (χ4n) is 7.31. The molecule has 0 aliphatic carbocycles. The number of amides is 1. The number of aliphatic carboxylic acids is 1. The average Bonchev–Trinajstić information content (AvgIpc) is 3.76. The van der Waals surface area contributed by atoms with E-state index >= 15 is 0 Å². The monoisotopic (exact) mass is 719 g/mol. The number of benzene rings is 2. The van der Waals surface area contributed by atoms with Crippen LogP contribution >= 0.6 is 0 Å². The largest absolute Gasteiger partial charge is 0.480 e. The van der Waals surface area contributed by atoms with Crippen molar-refractivity contribution in [2.45, 2.75) is 44.5 Å². The molecule has 4 aromatic rings. The number of carbonyl (C=O) groups excluding carboxylic acids is 1. The number of anilines is 2. The molecule has 3 fully saturated rings. The van der Waals surface area contributed by atoms with Crippen LogP contribution in [0, 0.1) is 12.3 Å². The number of alkyl halides is 3. The first-order valence-electron chi connectivity index (χ1n) is 17.2. The van der Waals surface area contributed by atoms with E-state index in [0.717, 1.165) is 13.1 Å². The summed E-state index contributed by atoms with van der Waals surface area (Å²) in [5, 5.41) is 20.2. The molecule has 3 aliphatic rings. The van der Waals surface area contributed by atoms with Gasteiger partial charge in [0.1, 0.15) is 11.9 Å². The minimum Gasteiger partial charge on any atom is -0.480 e. The van der Waals surface area contributed by atoms with E-state index in [4.69, 9.17) is 10.5 Å². The molecule has 1 spiro atoms. The maximum absolute atomic E-state index is 15.0. The molecule has 16 heteroatoms. The lowest BCUT2D eigenvalue weighted by atomic mass is 9.76. The topological polar surface area (TPSA) is 164 Å². The lowest BCUT2D eigenvalue weighted by molar-refractivity contribution is -0.198. The SMILES string of the molecule is Cc1ccn(-c2cc(-c3ccc(C(=O)N4CCNCC4)cc3)ccc2[C@@H](Oc2cc(N3CCC4(CC3)CNC(C(=O)O)C4)nc(N)n2)C(F)(F)F)n1. The first-order chi connectivity index (χ1) is 24.9. The third kappa shape index (κ3) is 7.39. The summed E-state index contributed by atoms with van der Waals surface area (Å²) in [5.41, 5.74) is 8.28. The van der Waals surface area contributed by atoms with Gasteiger partial charge in [0, 0.05) is 69.2 Å². The number of hydrogen-bond donors (Lipinski definition) is 4. The second-order valence-corrected chi connectivity index (χ2v) is 13.7. The van der Waals surface area contributed by atoms with Crippen LogP contribution in [0.15, 0.2) is 60.8 Å². The van der Waals surface area contributed by atoms with E-state index in [1.54, 1.807) is 60.5 Å². The Morgan fingerprint density at radius 1 is 1.00 bits per heavy atom. The van der Waals surface area contributed by atoms with Crippen molar-refractivity contribution in [1.29, 1.82) is 0 Å². The Morgan fingerprint density at radius 3 is 2.35 bits per heavy atom. The highest BCUT2D eigenvalue weighted by atomic mass is 19.4. The van der Waals surface area contributed by atoms with E-state index in [0.29, 0.717) is 80.2 Å². The van der Waals surface area contributed by atoms with Gasteiger partial charge in [-0.1, -0.05) is 24.3 Å². The quantitative estimate of drug-likeness (QED) is 0.208. The molecular weight excluding hydrogens is 679 g/mol. The predicted molar refractivity (Wildman–Crippen MR) is 186 cm³/mol. The zero-order chi connectivity index (χ0) is 36.6. The minimum atomic E-state index is -4.86. The van der Waals surface area contributed by atoms with Gasteiger partial charge >= 0.3 is 12.1 Å². The van der Waals surface area contributed by atoms with Crippen LogP contribution in [0.1, 0.15) is 47.0 Å². The molecule has 52 heavy (non-hydrogen) atoms. The molecule has 2 aromatic heterocycles. The third-order valence-electron chi connectivity index (χ3n) is 10.2. The standard InChI is InChI=1S/C36H40F3N9O4/c1-22-8-13-48(45-22)28-18-25(23-2-4-24(5-3-23)32(49)47-16-11-41-12-17-47)6-7-26(28)31(36(37,38)39)52-30-19-29(43-34(40)44-30)46-14-9-35(10-15-46)20-27(33(50)51)42-21-35/h2-8,13,18-19,27,31,41-42H,9-12,14-17,20-21H2,1H3,(H,50,51)(H2,40,43,44)/t27?,31-/m1/s1. The number of carboxylic acid groups (broad SMARTS) is 1. The summed E-state index contributed by atoms with van der Waals surface area (Å²) in [4.78, 5) is 36.5. The number of nitrogens with zero attached hydrogens (tertiary/aromatic N) is 6. The summed E-state index contributed by atoms with van der Waals surface area (Å²) < 4.78 is 52.0. The molecule has 0 radical (unpaired) electrons. The van der Waals surface area contributed by atoms with Crippen molar-refractivity contribution in [3.8, 4) is 22.7 Å². The number of rotatable bonds is 8. The molecule has 2 atom stereocenters. The minimum absolute atomic E-state index is 0.0704. The second-order valence-electron chi connectivity index (χ2n) is 13.7. The normalized spacial score (nSPS) is 19.5. The molecule has 0 bridgehead atoms. The van der Waals surface area contributed by atoms with Crippen molar-refractivity contribution in [3.63, 3.8) is 0 Å². The number of aromatic nitrogens is 4. The molecule has 1 unspecified atom stereocenters. The molecule has 5 heterocycles. The number of aryl methyl sites for hydroxylation is 1. The molecule has 274 valence electrons. The van der Waals surface area contributed by atoms with Crippen molar-refractivity contribution in [1.82, 2.24) is 35.3 Å². The zero-order valence-electron chi connectivity index (χ0n) is 28.6. The van der Waals surface area contributed by atoms with Gasteiger partial charge < -0.3 is 36.0 Å². The molecule has 7 rings (SSSR count). The van der Waals surface area contributed by atoms with Crippen molar-refractivity contribution in [2.75, 3.05) is 56.4 Å². The van der Waals surface area contributed by atoms with Gasteiger partial charge in [0.25, 0.3) is 5.91 Å². The molecule has 3 aliphatic heterocycles. The molecule has 5 N–H and O–H groups in total. The Kier molecular flexibility index (Phi) is 9.52. The molecule has 2 aromatic carbocycles. The number of nitrogen functional groups attached to an aromatic ring is 1. The van der Waals surface area contributed by atoms with Crippen LogP contribution < -0.4 is 26.0 Å². The lowest BCUT2D eigenvalue weighted by Gasteiger charge is -2.39. The van der Waals surface area contributed by atoms with E-state index < -0.39 is 24.3 Å². The smallest absolute Gasteiger partial charge is 0.429 e. The van der Waals surface area contributed by atoms with Crippen LogP contribution in [0.3, 0.4) is 0 Å². The number of nitrogens with one attached hydrogen (secondary N) is 2. The first-order valence-corrected chi connectivity index (χ1v) is 17.2. The summed E-state index contributed by atoms with van der Waals surface area (Å²) in [6.07, 6.45) is -3.83. The Labute approximate surface area is 298 Å². The molecular formula is C36H40F3N9O4. The summed E-state index contributed by atoms with van der Waals surface area (Å²) in [5.74, 6) is -1.19. The van der Waals surface area contributed by atoms with Gasteiger partial charge in [-0.05, 0) is 67.0 Å². The zero-order valence-corrected chi connectivity index (χ0v) is 28.6. The van der Waals surface area contributed by atoms with E-state index in [1.165, 1.54) is 16.8 Å². The lowest BCUT2D eigenvalue weighted by Crippen LogP contribution is -2.46. The number of piperidine rings is 1. The molecule has 3 saturated heterocycles. The fourth-order valence-corrected chi connectivity index (χ4v) is 7.31. The summed E-state index contributed by atoms with van der Waals surface area (Å²) >= 11 is 0. The van der Waals surface area contributed by atoms with E-state index in [-0.39, 0.29) is 34.4 Å².